The van der Waals surface area contributed by atoms with Crippen LogP contribution in [-0.2, 0) is 12.8 Å². The van der Waals surface area contributed by atoms with Gasteiger partial charge in [0.05, 0.1) is 15.7 Å². The zero-order valence-corrected chi connectivity index (χ0v) is 14.3. The van der Waals surface area contributed by atoms with Crippen LogP contribution in [0.1, 0.15) is 11.1 Å². The highest BCUT2D eigenvalue weighted by Gasteiger charge is 2.17. The molecule has 3 N–H and O–H groups in total. The zero-order chi connectivity index (χ0) is 16.7. The predicted molar refractivity (Wildman–Crippen MR) is 103 cm³/mol. The molecule has 0 amide bonds. The van der Waals surface area contributed by atoms with Crippen LogP contribution < -0.4 is 11.1 Å². The molecule has 5 heteroatoms. The maximum absolute atomic E-state index is 6.07. The number of aryl methyl sites for hydroxylation is 2. The maximum Gasteiger partial charge on any atom is 0.198 e. The van der Waals surface area contributed by atoms with Crippen LogP contribution in [0.2, 0.25) is 10.0 Å². The molecule has 0 saturated heterocycles. The van der Waals surface area contributed by atoms with Crippen molar-refractivity contribution in [3.63, 3.8) is 0 Å². The SMILES string of the molecule is NC(=Nc1ccc2cccc3c2c1CC3)Nc1ccc(Cl)c(Cl)c1. The van der Waals surface area contributed by atoms with Crippen molar-refractivity contribution < 1.29 is 0 Å². The molecule has 0 unspecified atom stereocenters. The molecule has 3 aromatic rings. The Labute approximate surface area is 150 Å². The first kappa shape index (κ1) is 15.3. The van der Waals surface area contributed by atoms with Crippen LogP contribution in [-0.4, -0.2) is 5.96 Å². The molecule has 3 aromatic carbocycles. The Bertz CT molecular complexity index is 980. The van der Waals surface area contributed by atoms with Gasteiger partial charge in [-0.2, -0.15) is 0 Å². The van der Waals surface area contributed by atoms with Crippen LogP contribution in [0, 0.1) is 0 Å². The number of halogens is 2. The molecule has 1 aliphatic carbocycles. The molecule has 0 aromatic heterocycles. The van der Waals surface area contributed by atoms with Crippen molar-refractivity contribution >= 4 is 51.3 Å². The first-order valence-corrected chi connectivity index (χ1v) is 8.47. The van der Waals surface area contributed by atoms with E-state index in [0.717, 1.165) is 24.2 Å². The highest BCUT2D eigenvalue weighted by atomic mass is 35.5. The molecule has 0 bridgehead atoms. The van der Waals surface area contributed by atoms with E-state index < -0.39 is 0 Å². The van der Waals surface area contributed by atoms with E-state index in [9.17, 15) is 0 Å². The number of rotatable bonds is 2. The summed E-state index contributed by atoms with van der Waals surface area (Å²) in [5.74, 6) is 0.327. The quantitative estimate of drug-likeness (QED) is 0.483. The van der Waals surface area contributed by atoms with Gasteiger partial charge in [-0.15, -0.1) is 0 Å². The third kappa shape index (κ3) is 2.70. The summed E-state index contributed by atoms with van der Waals surface area (Å²) in [6, 6.07) is 15.8. The van der Waals surface area contributed by atoms with E-state index in [1.54, 1.807) is 12.1 Å². The van der Waals surface area contributed by atoms with E-state index in [1.165, 1.54) is 21.9 Å². The Morgan fingerprint density at radius 2 is 1.88 bits per heavy atom. The fourth-order valence-electron chi connectivity index (χ4n) is 3.23. The molecule has 0 heterocycles. The second-order valence-corrected chi connectivity index (χ2v) is 6.64. The summed E-state index contributed by atoms with van der Waals surface area (Å²) in [4.78, 5) is 4.57. The van der Waals surface area contributed by atoms with E-state index in [-0.39, 0.29) is 0 Å². The number of guanidine groups is 1. The second-order valence-electron chi connectivity index (χ2n) is 5.83. The molecule has 0 radical (unpaired) electrons. The van der Waals surface area contributed by atoms with Gasteiger partial charge in [0.25, 0.3) is 0 Å². The van der Waals surface area contributed by atoms with Crippen LogP contribution in [0.25, 0.3) is 10.8 Å². The van der Waals surface area contributed by atoms with Crippen molar-refractivity contribution in [3.8, 4) is 0 Å². The van der Waals surface area contributed by atoms with Crippen molar-refractivity contribution in [2.45, 2.75) is 12.8 Å². The van der Waals surface area contributed by atoms with Crippen LogP contribution in [0.15, 0.2) is 53.5 Å². The second kappa shape index (κ2) is 6.00. The Kier molecular flexibility index (Phi) is 3.83. The van der Waals surface area contributed by atoms with Crippen molar-refractivity contribution in [1.29, 1.82) is 0 Å². The Morgan fingerprint density at radius 1 is 1.00 bits per heavy atom. The van der Waals surface area contributed by atoms with Gasteiger partial charge in [-0.1, -0.05) is 47.5 Å². The minimum atomic E-state index is 0.327. The lowest BCUT2D eigenvalue weighted by atomic mass is 10.0. The standard InChI is InChI=1S/C19H15Cl2N3/c20-15-8-6-13(10-16(15)21)23-19(22)24-17-9-5-12-3-1-2-11-4-7-14(17)18(11)12/h1-3,5-6,8-10H,4,7H2,(H3,22,23,24). The summed E-state index contributed by atoms with van der Waals surface area (Å²) in [5, 5.41) is 6.62. The van der Waals surface area contributed by atoms with Gasteiger partial charge in [-0.25, -0.2) is 4.99 Å². The number of nitrogens with one attached hydrogen (secondary N) is 1. The first-order chi connectivity index (χ1) is 11.6. The summed E-state index contributed by atoms with van der Waals surface area (Å²) in [7, 11) is 0. The molecule has 0 atom stereocenters. The minimum Gasteiger partial charge on any atom is -0.369 e. The van der Waals surface area contributed by atoms with Gasteiger partial charge >= 0.3 is 0 Å². The summed E-state index contributed by atoms with van der Waals surface area (Å²) in [6.45, 7) is 0. The molecule has 0 saturated carbocycles. The monoisotopic (exact) mass is 355 g/mol. The highest BCUT2D eigenvalue weighted by molar-refractivity contribution is 6.42. The number of nitrogens with two attached hydrogens (primary N) is 1. The highest BCUT2D eigenvalue weighted by Crippen LogP contribution is 2.36. The summed E-state index contributed by atoms with van der Waals surface area (Å²) >= 11 is 12.0. The molecular weight excluding hydrogens is 341 g/mol. The average Bonchev–Trinajstić information content (AvgIpc) is 3.00. The minimum absolute atomic E-state index is 0.327. The number of benzene rings is 3. The van der Waals surface area contributed by atoms with Gasteiger partial charge in [-0.05, 0) is 59.0 Å². The average molecular weight is 356 g/mol. The number of hydrogen-bond donors (Lipinski definition) is 2. The van der Waals surface area contributed by atoms with Crippen molar-refractivity contribution in [2.24, 2.45) is 10.7 Å². The van der Waals surface area contributed by atoms with Crippen molar-refractivity contribution in [2.75, 3.05) is 5.32 Å². The van der Waals surface area contributed by atoms with E-state index in [1.807, 2.05) is 12.1 Å². The molecule has 0 spiro atoms. The third-order valence-corrected chi connectivity index (χ3v) is 5.03. The first-order valence-electron chi connectivity index (χ1n) is 7.71. The topological polar surface area (TPSA) is 50.4 Å². The fraction of sp³-hybridized carbons (Fsp3) is 0.105. The van der Waals surface area contributed by atoms with Gasteiger partial charge in [0.2, 0.25) is 0 Å². The molecule has 3 nitrogen and oxygen atoms in total. The third-order valence-electron chi connectivity index (χ3n) is 4.29. The summed E-state index contributed by atoms with van der Waals surface area (Å²) in [5.41, 5.74) is 10.4. The maximum atomic E-state index is 6.07. The molecule has 24 heavy (non-hydrogen) atoms. The molecule has 120 valence electrons. The number of nitrogens with zero attached hydrogens (tertiary/aromatic N) is 1. The number of aliphatic imine (C=N–C) groups is 1. The van der Waals surface area contributed by atoms with Crippen LogP contribution in [0.3, 0.4) is 0 Å². The lowest BCUT2D eigenvalue weighted by molar-refractivity contribution is 1.02. The Morgan fingerprint density at radius 3 is 2.71 bits per heavy atom. The van der Waals surface area contributed by atoms with Gasteiger partial charge in [-0.3, -0.25) is 0 Å². The molecule has 0 aliphatic heterocycles. The smallest absolute Gasteiger partial charge is 0.198 e. The van der Waals surface area contributed by atoms with E-state index >= 15 is 0 Å². The predicted octanol–water partition coefficient (Wildman–Crippen LogP) is 5.30. The van der Waals surface area contributed by atoms with Crippen molar-refractivity contribution in [3.05, 3.63) is 69.7 Å². The Balaban J connectivity index is 1.68. The van der Waals surface area contributed by atoms with Crippen LogP contribution in [0.5, 0.6) is 0 Å². The fourth-order valence-corrected chi connectivity index (χ4v) is 3.53. The largest absolute Gasteiger partial charge is 0.369 e. The van der Waals surface area contributed by atoms with E-state index in [0.29, 0.717) is 16.0 Å². The van der Waals surface area contributed by atoms with Gasteiger partial charge < -0.3 is 11.1 Å². The Hall–Kier alpha value is -2.23. The molecule has 1 aliphatic rings. The van der Waals surface area contributed by atoms with Gasteiger partial charge in [0.1, 0.15) is 0 Å². The lowest BCUT2D eigenvalue weighted by Crippen LogP contribution is -2.22. The lowest BCUT2D eigenvalue weighted by Gasteiger charge is -2.09. The molecular formula is C19H15Cl2N3. The zero-order valence-electron chi connectivity index (χ0n) is 12.8. The van der Waals surface area contributed by atoms with E-state index in [4.69, 9.17) is 28.9 Å². The van der Waals surface area contributed by atoms with Crippen LogP contribution >= 0.6 is 23.2 Å². The summed E-state index contributed by atoms with van der Waals surface area (Å²) in [6.07, 6.45) is 2.05. The van der Waals surface area contributed by atoms with E-state index in [2.05, 4.69) is 34.6 Å². The number of anilines is 1. The number of hydrogen-bond acceptors (Lipinski definition) is 1. The normalized spacial score (nSPS) is 13.5. The molecule has 4 rings (SSSR count). The van der Waals surface area contributed by atoms with Gasteiger partial charge in [0.15, 0.2) is 5.96 Å². The van der Waals surface area contributed by atoms with Gasteiger partial charge in [0, 0.05) is 5.69 Å². The van der Waals surface area contributed by atoms with Crippen molar-refractivity contribution in [1.82, 2.24) is 0 Å². The summed E-state index contributed by atoms with van der Waals surface area (Å²) < 4.78 is 0. The molecule has 0 fully saturated rings. The van der Waals surface area contributed by atoms with Crippen LogP contribution in [0.4, 0.5) is 11.4 Å².